The van der Waals surface area contributed by atoms with Crippen molar-refractivity contribution in [1.29, 1.82) is 0 Å². The molecule has 0 saturated carbocycles. The number of ether oxygens (including phenoxy) is 1. The van der Waals surface area contributed by atoms with Gasteiger partial charge in [0.1, 0.15) is 11.6 Å². The summed E-state index contributed by atoms with van der Waals surface area (Å²) < 4.78 is 5.16. The number of anilines is 1. The van der Waals surface area contributed by atoms with Crippen LogP contribution in [-0.2, 0) is 10.6 Å². The van der Waals surface area contributed by atoms with Crippen molar-refractivity contribution >= 4 is 17.4 Å². The number of hydrogen-bond donors (Lipinski definition) is 0. The molecule has 18 heavy (non-hydrogen) atoms. The molecule has 5 heteroatoms. The summed E-state index contributed by atoms with van der Waals surface area (Å²) in [6.07, 6.45) is 1.81. The summed E-state index contributed by atoms with van der Waals surface area (Å²) in [7, 11) is 1.71. The van der Waals surface area contributed by atoms with Crippen molar-refractivity contribution < 1.29 is 4.74 Å². The highest BCUT2D eigenvalue weighted by Crippen LogP contribution is 2.20. The second kappa shape index (κ2) is 7.54. The molecule has 0 saturated heterocycles. The second-order valence-corrected chi connectivity index (χ2v) is 5.00. The molecule has 0 bridgehead atoms. The lowest BCUT2D eigenvalue weighted by Crippen LogP contribution is -2.32. The Morgan fingerprint density at radius 3 is 2.72 bits per heavy atom. The van der Waals surface area contributed by atoms with Crippen molar-refractivity contribution in [2.24, 2.45) is 5.92 Å². The molecule has 0 aliphatic carbocycles. The molecular formula is C13H22ClN3O. The summed E-state index contributed by atoms with van der Waals surface area (Å²) in [6.45, 7) is 8.70. The third-order valence-electron chi connectivity index (χ3n) is 2.56. The number of nitrogens with zero attached hydrogens (tertiary/aromatic N) is 3. The van der Waals surface area contributed by atoms with Crippen LogP contribution < -0.4 is 4.90 Å². The number of methoxy groups -OCH3 is 1. The van der Waals surface area contributed by atoms with Crippen molar-refractivity contribution in [1.82, 2.24) is 9.97 Å². The average Bonchev–Trinajstić information content (AvgIpc) is 2.34. The molecule has 1 aromatic rings. The van der Waals surface area contributed by atoms with Gasteiger partial charge in [0.15, 0.2) is 0 Å². The molecule has 0 unspecified atom stereocenters. The molecule has 0 aromatic carbocycles. The van der Waals surface area contributed by atoms with Gasteiger partial charge in [-0.2, -0.15) is 0 Å². The fourth-order valence-electron chi connectivity index (χ4n) is 1.78. The van der Waals surface area contributed by atoms with Gasteiger partial charge in [-0.25, -0.2) is 9.97 Å². The van der Waals surface area contributed by atoms with Crippen LogP contribution in [0.1, 0.15) is 25.2 Å². The van der Waals surface area contributed by atoms with E-state index in [4.69, 9.17) is 16.3 Å². The molecule has 0 spiro atoms. The van der Waals surface area contributed by atoms with E-state index in [0.29, 0.717) is 18.4 Å². The number of aromatic nitrogens is 2. The topological polar surface area (TPSA) is 38.2 Å². The SMILES string of the molecule is COCCN(CC(C)C)c1nc(C)ncc1CCl. The molecule has 1 heterocycles. The fraction of sp³-hybridized carbons (Fsp3) is 0.692. The molecule has 0 amide bonds. The van der Waals surface area contributed by atoms with E-state index in [1.807, 2.05) is 13.1 Å². The Morgan fingerprint density at radius 1 is 1.44 bits per heavy atom. The maximum Gasteiger partial charge on any atom is 0.136 e. The van der Waals surface area contributed by atoms with E-state index in [0.717, 1.165) is 30.3 Å². The zero-order valence-electron chi connectivity index (χ0n) is 11.6. The Morgan fingerprint density at radius 2 is 2.17 bits per heavy atom. The van der Waals surface area contributed by atoms with Crippen LogP contribution in [0.25, 0.3) is 0 Å². The third-order valence-corrected chi connectivity index (χ3v) is 2.84. The maximum atomic E-state index is 5.96. The van der Waals surface area contributed by atoms with Crippen molar-refractivity contribution in [3.63, 3.8) is 0 Å². The van der Waals surface area contributed by atoms with Gasteiger partial charge in [0.25, 0.3) is 0 Å². The average molecular weight is 272 g/mol. The smallest absolute Gasteiger partial charge is 0.136 e. The van der Waals surface area contributed by atoms with Crippen LogP contribution >= 0.6 is 11.6 Å². The highest BCUT2D eigenvalue weighted by atomic mass is 35.5. The number of rotatable bonds is 7. The van der Waals surface area contributed by atoms with Crippen LogP contribution in [0, 0.1) is 12.8 Å². The summed E-state index contributed by atoms with van der Waals surface area (Å²) >= 11 is 5.96. The normalized spacial score (nSPS) is 11.0. The Balaban J connectivity index is 2.98. The summed E-state index contributed by atoms with van der Waals surface area (Å²) in [5.41, 5.74) is 0.971. The standard InChI is InChI=1S/C13H22ClN3O/c1-10(2)9-17(5-6-18-4)13-12(7-14)8-15-11(3)16-13/h8,10H,5-7,9H2,1-4H3. The molecule has 0 N–H and O–H groups in total. The summed E-state index contributed by atoms with van der Waals surface area (Å²) in [6, 6.07) is 0. The molecule has 0 aliphatic rings. The molecular weight excluding hydrogens is 250 g/mol. The Hall–Kier alpha value is -0.870. The minimum Gasteiger partial charge on any atom is -0.383 e. The first-order valence-electron chi connectivity index (χ1n) is 6.20. The Labute approximate surface area is 114 Å². The van der Waals surface area contributed by atoms with Gasteiger partial charge in [-0.1, -0.05) is 13.8 Å². The van der Waals surface area contributed by atoms with Crippen LogP contribution in [0.15, 0.2) is 6.20 Å². The quantitative estimate of drug-likeness (QED) is 0.715. The molecule has 0 fully saturated rings. The van der Waals surface area contributed by atoms with Gasteiger partial charge in [-0.05, 0) is 12.8 Å². The van der Waals surface area contributed by atoms with E-state index in [1.165, 1.54) is 0 Å². The van der Waals surface area contributed by atoms with E-state index < -0.39 is 0 Å². The van der Waals surface area contributed by atoms with Crippen LogP contribution in [0.5, 0.6) is 0 Å². The molecule has 0 atom stereocenters. The fourth-order valence-corrected chi connectivity index (χ4v) is 1.97. The molecule has 0 radical (unpaired) electrons. The summed E-state index contributed by atoms with van der Waals surface area (Å²) in [5.74, 6) is 2.69. The number of aryl methyl sites for hydroxylation is 1. The molecule has 1 rings (SSSR count). The van der Waals surface area contributed by atoms with Gasteiger partial charge in [-0.3, -0.25) is 0 Å². The lowest BCUT2D eigenvalue weighted by atomic mass is 10.2. The van der Waals surface area contributed by atoms with Crippen molar-refractivity contribution in [3.05, 3.63) is 17.6 Å². The minimum atomic E-state index is 0.428. The van der Waals surface area contributed by atoms with E-state index in [9.17, 15) is 0 Å². The van der Waals surface area contributed by atoms with Gasteiger partial charge in [0.2, 0.25) is 0 Å². The first kappa shape index (κ1) is 15.2. The van der Waals surface area contributed by atoms with Crippen molar-refractivity contribution in [2.75, 3.05) is 31.7 Å². The molecule has 102 valence electrons. The lowest BCUT2D eigenvalue weighted by molar-refractivity contribution is 0.204. The van der Waals surface area contributed by atoms with Gasteiger partial charge < -0.3 is 9.64 Å². The summed E-state index contributed by atoms with van der Waals surface area (Å²) in [4.78, 5) is 10.9. The predicted octanol–water partition coefficient (Wildman–Crippen LogP) is 2.63. The summed E-state index contributed by atoms with van der Waals surface area (Å²) in [5, 5.41) is 0. The maximum absolute atomic E-state index is 5.96. The van der Waals surface area contributed by atoms with E-state index >= 15 is 0 Å². The molecule has 0 aliphatic heterocycles. The monoisotopic (exact) mass is 271 g/mol. The van der Waals surface area contributed by atoms with Gasteiger partial charge >= 0.3 is 0 Å². The number of alkyl halides is 1. The van der Waals surface area contributed by atoms with Gasteiger partial charge in [0, 0.05) is 32.0 Å². The van der Waals surface area contributed by atoms with E-state index in [-0.39, 0.29) is 0 Å². The van der Waals surface area contributed by atoms with E-state index in [1.54, 1.807) is 7.11 Å². The Bertz CT molecular complexity index is 371. The highest BCUT2D eigenvalue weighted by molar-refractivity contribution is 6.17. The number of halogens is 1. The second-order valence-electron chi connectivity index (χ2n) is 4.73. The van der Waals surface area contributed by atoms with E-state index in [2.05, 4.69) is 28.7 Å². The van der Waals surface area contributed by atoms with Gasteiger partial charge in [0.05, 0.1) is 12.5 Å². The molecule has 1 aromatic heterocycles. The van der Waals surface area contributed by atoms with Crippen molar-refractivity contribution in [2.45, 2.75) is 26.7 Å². The largest absolute Gasteiger partial charge is 0.383 e. The molecule has 4 nitrogen and oxygen atoms in total. The zero-order chi connectivity index (χ0) is 13.5. The van der Waals surface area contributed by atoms with Crippen molar-refractivity contribution in [3.8, 4) is 0 Å². The van der Waals surface area contributed by atoms with Crippen LogP contribution in [0.4, 0.5) is 5.82 Å². The first-order valence-corrected chi connectivity index (χ1v) is 6.74. The predicted molar refractivity (Wildman–Crippen MR) is 75.3 cm³/mol. The van der Waals surface area contributed by atoms with Crippen LogP contribution in [-0.4, -0.2) is 36.8 Å². The van der Waals surface area contributed by atoms with Gasteiger partial charge in [-0.15, -0.1) is 11.6 Å². The third kappa shape index (κ3) is 4.42. The first-order chi connectivity index (χ1) is 8.58. The van der Waals surface area contributed by atoms with Crippen LogP contribution in [0.2, 0.25) is 0 Å². The zero-order valence-corrected chi connectivity index (χ0v) is 12.4. The minimum absolute atomic E-state index is 0.428. The lowest BCUT2D eigenvalue weighted by Gasteiger charge is -2.27. The Kier molecular flexibility index (Phi) is 6.36. The highest BCUT2D eigenvalue weighted by Gasteiger charge is 2.14. The number of hydrogen-bond acceptors (Lipinski definition) is 4. The van der Waals surface area contributed by atoms with Crippen LogP contribution in [0.3, 0.4) is 0 Å².